The zero-order chi connectivity index (χ0) is 19.6. The first-order chi connectivity index (χ1) is 12.0. The average Bonchev–Trinajstić information content (AvgIpc) is 2.94. The first kappa shape index (κ1) is 21.7. The Hall–Kier alpha value is -0.610. The number of carbonyl (C=O) groups is 1. The smallest absolute Gasteiger partial charge is 0.312 e. The van der Waals surface area contributed by atoms with E-state index < -0.39 is 11.2 Å². The second-order valence-corrected chi connectivity index (χ2v) is 10.3. The number of esters is 1. The maximum Gasteiger partial charge on any atom is 0.312 e. The Bertz CT molecular complexity index is 475. The molecule has 1 heterocycles. The number of ether oxygens (including phenoxy) is 3. The predicted octanol–water partition coefficient (Wildman–Crippen LogP) is 5.34. The molecule has 1 aliphatic heterocycles. The maximum atomic E-state index is 12.9. The van der Waals surface area contributed by atoms with Gasteiger partial charge in [-0.25, -0.2) is 0 Å². The molecule has 2 fully saturated rings. The molecular formula is C22H40O4. The monoisotopic (exact) mass is 368 g/mol. The summed E-state index contributed by atoms with van der Waals surface area (Å²) < 4.78 is 18.0. The fourth-order valence-corrected chi connectivity index (χ4v) is 4.53. The standard InChI is InChI=1S/C22H40O4/c1-16(2)21(6,15-20(3,4)5)19(23)24-13-18-14-25-22(7,26-18)17-11-9-8-10-12-17/h16-18H,8-15H2,1-7H3. The van der Waals surface area contributed by atoms with Crippen molar-refractivity contribution in [2.75, 3.05) is 13.2 Å². The van der Waals surface area contributed by atoms with Crippen molar-refractivity contribution in [2.45, 2.75) is 98.9 Å². The number of hydrogen-bond acceptors (Lipinski definition) is 4. The lowest BCUT2D eigenvalue weighted by atomic mass is 9.69. The van der Waals surface area contributed by atoms with Crippen molar-refractivity contribution in [3.05, 3.63) is 0 Å². The summed E-state index contributed by atoms with van der Waals surface area (Å²) >= 11 is 0. The highest BCUT2D eigenvalue weighted by atomic mass is 16.8. The molecule has 3 unspecified atom stereocenters. The van der Waals surface area contributed by atoms with E-state index in [0.29, 0.717) is 12.5 Å². The van der Waals surface area contributed by atoms with E-state index in [1.165, 1.54) is 32.1 Å². The van der Waals surface area contributed by atoms with Gasteiger partial charge in [0.15, 0.2) is 5.79 Å². The van der Waals surface area contributed by atoms with Gasteiger partial charge in [0.2, 0.25) is 0 Å². The molecule has 4 nitrogen and oxygen atoms in total. The summed E-state index contributed by atoms with van der Waals surface area (Å²) in [5, 5.41) is 0. The zero-order valence-corrected chi connectivity index (χ0v) is 18.0. The lowest BCUT2D eigenvalue weighted by Crippen LogP contribution is -2.40. The minimum absolute atomic E-state index is 0.0740. The van der Waals surface area contributed by atoms with Gasteiger partial charge in [0.25, 0.3) is 0 Å². The van der Waals surface area contributed by atoms with E-state index >= 15 is 0 Å². The molecule has 1 aliphatic carbocycles. The van der Waals surface area contributed by atoms with Gasteiger partial charge in [-0.05, 0) is 44.4 Å². The van der Waals surface area contributed by atoms with Gasteiger partial charge < -0.3 is 14.2 Å². The Morgan fingerprint density at radius 1 is 1.15 bits per heavy atom. The topological polar surface area (TPSA) is 44.8 Å². The SMILES string of the molecule is CC(C)C(C)(CC(C)(C)C)C(=O)OCC1COC(C)(C2CCCCC2)O1. The summed E-state index contributed by atoms with van der Waals surface area (Å²) in [6.07, 6.45) is 6.81. The van der Waals surface area contributed by atoms with Crippen molar-refractivity contribution in [3.8, 4) is 0 Å². The molecule has 0 bridgehead atoms. The Morgan fingerprint density at radius 3 is 2.31 bits per heavy atom. The second kappa shape index (κ2) is 8.18. The molecule has 0 aromatic rings. The van der Waals surface area contributed by atoms with Crippen molar-refractivity contribution >= 4 is 5.97 Å². The van der Waals surface area contributed by atoms with E-state index in [1.54, 1.807) is 0 Å². The van der Waals surface area contributed by atoms with Crippen molar-refractivity contribution in [1.82, 2.24) is 0 Å². The van der Waals surface area contributed by atoms with Crippen LogP contribution >= 0.6 is 0 Å². The minimum atomic E-state index is -0.510. The average molecular weight is 369 g/mol. The Labute approximate surface area is 160 Å². The van der Waals surface area contributed by atoms with Crippen LogP contribution in [0.15, 0.2) is 0 Å². The van der Waals surface area contributed by atoms with Crippen molar-refractivity contribution in [1.29, 1.82) is 0 Å². The van der Waals surface area contributed by atoms with E-state index in [2.05, 4.69) is 41.5 Å². The predicted molar refractivity (Wildman–Crippen MR) is 104 cm³/mol. The molecule has 2 aliphatic rings. The summed E-state index contributed by atoms with van der Waals surface area (Å²) in [6.45, 7) is 15.6. The summed E-state index contributed by atoms with van der Waals surface area (Å²) in [7, 11) is 0. The quantitative estimate of drug-likeness (QED) is 0.594. The minimum Gasteiger partial charge on any atom is -0.462 e. The van der Waals surface area contributed by atoms with Gasteiger partial charge in [0.1, 0.15) is 12.7 Å². The van der Waals surface area contributed by atoms with Gasteiger partial charge >= 0.3 is 5.97 Å². The highest BCUT2D eigenvalue weighted by molar-refractivity contribution is 5.76. The Morgan fingerprint density at radius 2 is 1.77 bits per heavy atom. The van der Waals surface area contributed by atoms with Gasteiger partial charge in [-0.15, -0.1) is 0 Å². The summed E-state index contributed by atoms with van der Waals surface area (Å²) in [6, 6.07) is 0. The van der Waals surface area contributed by atoms with Crippen LogP contribution in [0.2, 0.25) is 0 Å². The van der Waals surface area contributed by atoms with Gasteiger partial charge in [-0.1, -0.05) is 53.9 Å². The Kier molecular flexibility index (Phi) is 6.82. The highest BCUT2D eigenvalue weighted by Crippen LogP contribution is 2.42. The molecule has 0 spiro atoms. The summed E-state index contributed by atoms with van der Waals surface area (Å²) in [5.74, 6) is 0.0584. The van der Waals surface area contributed by atoms with Crippen molar-refractivity contribution in [2.24, 2.45) is 22.7 Å². The molecule has 4 heteroatoms. The molecule has 2 rings (SSSR count). The first-order valence-corrected chi connectivity index (χ1v) is 10.5. The zero-order valence-electron chi connectivity index (χ0n) is 18.0. The summed E-state index contributed by atoms with van der Waals surface area (Å²) in [5.41, 5.74) is -0.408. The number of carbonyl (C=O) groups excluding carboxylic acids is 1. The number of rotatable bonds is 6. The van der Waals surface area contributed by atoms with E-state index in [1.807, 2.05) is 6.92 Å². The molecule has 0 aromatic heterocycles. The van der Waals surface area contributed by atoms with Crippen LogP contribution in [0, 0.1) is 22.7 Å². The van der Waals surface area contributed by atoms with Crippen LogP contribution in [0.3, 0.4) is 0 Å². The van der Waals surface area contributed by atoms with E-state index in [4.69, 9.17) is 14.2 Å². The molecule has 0 radical (unpaired) electrons. The highest BCUT2D eigenvalue weighted by Gasteiger charge is 2.46. The van der Waals surface area contributed by atoms with Crippen LogP contribution in [0.25, 0.3) is 0 Å². The van der Waals surface area contributed by atoms with Crippen LogP contribution in [0.1, 0.15) is 87.0 Å². The van der Waals surface area contributed by atoms with Gasteiger partial charge in [-0.2, -0.15) is 0 Å². The molecular weight excluding hydrogens is 328 g/mol. The van der Waals surface area contributed by atoms with Crippen LogP contribution in [-0.4, -0.2) is 31.1 Å². The van der Waals surface area contributed by atoms with Crippen LogP contribution in [0.4, 0.5) is 0 Å². The number of hydrogen-bond donors (Lipinski definition) is 0. The van der Waals surface area contributed by atoms with Crippen molar-refractivity contribution in [3.63, 3.8) is 0 Å². The fourth-order valence-electron chi connectivity index (χ4n) is 4.53. The molecule has 0 amide bonds. The van der Waals surface area contributed by atoms with Gasteiger partial charge in [0.05, 0.1) is 12.0 Å². The molecule has 1 saturated heterocycles. The Balaban J connectivity index is 1.90. The van der Waals surface area contributed by atoms with E-state index in [0.717, 1.165) is 6.42 Å². The van der Waals surface area contributed by atoms with Crippen LogP contribution in [0.5, 0.6) is 0 Å². The lowest BCUT2D eigenvalue weighted by Gasteiger charge is -2.37. The maximum absolute atomic E-state index is 12.9. The lowest BCUT2D eigenvalue weighted by molar-refractivity contribution is -0.203. The van der Waals surface area contributed by atoms with Gasteiger partial charge in [0, 0.05) is 5.92 Å². The molecule has 152 valence electrons. The first-order valence-electron chi connectivity index (χ1n) is 10.5. The van der Waals surface area contributed by atoms with E-state index in [-0.39, 0.29) is 30.0 Å². The van der Waals surface area contributed by atoms with Crippen LogP contribution in [-0.2, 0) is 19.0 Å². The fraction of sp³-hybridized carbons (Fsp3) is 0.955. The third kappa shape index (κ3) is 5.22. The summed E-state index contributed by atoms with van der Waals surface area (Å²) in [4.78, 5) is 12.9. The van der Waals surface area contributed by atoms with Crippen LogP contribution < -0.4 is 0 Å². The molecule has 0 N–H and O–H groups in total. The largest absolute Gasteiger partial charge is 0.462 e. The van der Waals surface area contributed by atoms with Crippen molar-refractivity contribution < 1.29 is 19.0 Å². The third-order valence-corrected chi connectivity index (χ3v) is 6.34. The third-order valence-electron chi connectivity index (χ3n) is 6.34. The molecule has 3 atom stereocenters. The molecule has 26 heavy (non-hydrogen) atoms. The normalized spacial score (nSPS) is 30.4. The molecule has 1 saturated carbocycles. The van der Waals surface area contributed by atoms with E-state index in [9.17, 15) is 4.79 Å². The molecule has 0 aromatic carbocycles. The second-order valence-electron chi connectivity index (χ2n) is 10.3. The van der Waals surface area contributed by atoms with Gasteiger partial charge in [-0.3, -0.25) is 4.79 Å².